The fraction of sp³-hybridized carbons (Fsp3) is 0.174. The van der Waals surface area contributed by atoms with E-state index in [1.54, 1.807) is 37.3 Å². The number of hydrogen-bond donors (Lipinski definition) is 1. The fourth-order valence-corrected chi connectivity index (χ4v) is 5.52. The van der Waals surface area contributed by atoms with Gasteiger partial charge in [-0.15, -0.1) is 5.10 Å². The molecule has 0 bridgehead atoms. The molecule has 1 amide bonds. The van der Waals surface area contributed by atoms with Crippen molar-refractivity contribution in [1.82, 2.24) is 5.01 Å². The summed E-state index contributed by atoms with van der Waals surface area (Å²) in [5.41, 5.74) is 0.553. The second-order valence-electron chi connectivity index (χ2n) is 7.30. The SMILES string of the molecule is CCOc1cc(C=C2C(=N)N3N=C(S(=O)(=O)CC)SC3=NC2=O)ccc1OC(=O)c1ccccc1Cl. The molecule has 2 aliphatic heterocycles. The smallest absolute Gasteiger partial charge is 0.345 e. The van der Waals surface area contributed by atoms with Gasteiger partial charge in [0, 0.05) is 0 Å². The number of ether oxygens (including phenoxy) is 2. The monoisotopic (exact) mass is 546 g/mol. The van der Waals surface area contributed by atoms with E-state index in [1.807, 2.05) is 0 Å². The van der Waals surface area contributed by atoms with Crippen LogP contribution in [0.4, 0.5) is 0 Å². The van der Waals surface area contributed by atoms with E-state index in [4.69, 9.17) is 26.5 Å². The van der Waals surface area contributed by atoms with Gasteiger partial charge in [0.1, 0.15) is 0 Å². The van der Waals surface area contributed by atoms with Gasteiger partial charge in [0.2, 0.25) is 19.4 Å². The van der Waals surface area contributed by atoms with Gasteiger partial charge >= 0.3 is 5.97 Å². The van der Waals surface area contributed by atoms with Crippen molar-refractivity contribution in [2.75, 3.05) is 12.4 Å². The normalized spacial score (nSPS) is 16.5. The van der Waals surface area contributed by atoms with Crippen molar-refractivity contribution in [3.8, 4) is 11.5 Å². The van der Waals surface area contributed by atoms with E-state index in [1.165, 1.54) is 25.1 Å². The minimum atomic E-state index is -3.63. The minimum Gasteiger partial charge on any atom is -0.490 e. The van der Waals surface area contributed by atoms with Gasteiger partial charge in [-0.3, -0.25) is 10.2 Å². The van der Waals surface area contributed by atoms with Gasteiger partial charge in [0.15, 0.2) is 17.3 Å². The molecule has 0 spiro atoms. The van der Waals surface area contributed by atoms with Crippen LogP contribution in [0.3, 0.4) is 0 Å². The zero-order valence-electron chi connectivity index (χ0n) is 19.0. The maximum absolute atomic E-state index is 12.6. The van der Waals surface area contributed by atoms with Crippen LogP contribution in [0.5, 0.6) is 11.5 Å². The second-order valence-corrected chi connectivity index (χ2v) is 11.1. The van der Waals surface area contributed by atoms with Crippen molar-refractivity contribution in [2.45, 2.75) is 13.8 Å². The molecule has 0 saturated carbocycles. The molecule has 0 saturated heterocycles. The van der Waals surface area contributed by atoms with Crippen LogP contribution in [0.25, 0.3) is 6.08 Å². The summed E-state index contributed by atoms with van der Waals surface area (Å²) < 4.78 is 35.2. The topological polar surface area (TPSA) is 139 Å². The van der Waals surface area contributed by atoms with Crippen molar-refractivity contribution >= 4 is 66.5 Å². The Balaban J connectivity index is 1.63. The Hall–Kier alpha value is -3.48. The Bertz CT molecular complexity index is 1480. The number of carbonyl (C=O) groups excluding carboxylic acids is 2. The van der Waals surface area contributed by atoms with Crippen LogP contribution in [0.1, 0.15) is 29.8 Å². The highest BCUT2D eigenvalue weighted by Crippen LogP contribution is 2.33. The van der Waals surface area contributed by atoms with Crippen LogP contribution < -0.4 is 9.47 Å². The highest BCUT2D eigenvalue weighted by molar-refractivity contribution is 8.42. The van der Waals surface area contributed by atoms with Crippen LogP contribution in [-0.2, 0) is 14.6 Å². The summed E-state index contributed by atoms with van der Waals surface area (Å²) in [6, 6.07) is 11.1. The zero-order valence-corrected chi connectivity index (χ0v) is 21.4. The van der Waals surface area contributed by atoms with Gasteiger partial charge in [-0.05, 0) is 54.6 Å². The van der Waals surface area contributed by atoms with Crippen LogP contribution in [0, 0.1) is 5.41 Å². The van der Waals surface area contributed by atoms with Crippen molar-refractivity contribution in [2.24, 2.45) is 10.1 Å². The van der Waals surface area contributed by atoms with Crippen molar-refractivity contribution < 1.29 is 27.5 Å². The van der Waals surface area contributed by atoms with Crippen molar-refractivity contribution in [1.29, 1.82) is 5.41 Å². The highest BCUT2D eigenvalue weighted by atomic mass is 35.5. The standard InChI is InChI=1S/C23H19ClN4O6S2/c1-3-33-18-12-13(9-10-17(18)34-21(30)14-7-5-6-8-16(14)24)11-15-19(25)28-22(26-20(15)29)35-23(27-28)36(31,32)4-2/h5-12,25H,3-4H2,1-2H3. The molecule has 2 aliphatic rings. The van der Waals surface area contributed by atoms with Crippen molar-refractivity contribution in [3.63, 3.8) is 0 Å². The Morgan fingerprint density at radius 1 is 1.19 bits per heavy atom. The van der Waals surface area contributed by atoms with Gasteiger partial charge in [-0.2, -0.15) is 10.0 Å². The van der Waals surface area contributed by atoms with E-state index in [-0.39, 0.29) is 55.4 Å². The van der Waals surface area contributed by atoms with Gasteiger partial charge < -0.3 is 9.47 Å². The molecule has 2 aromatic rings. The van der Waals surface area contributed by atoms with E-state index in [0.717, 1.165) is 16.8 Å². The maximum atomic E-state index is 12.6. The number of esters is 1. The number of amides is 1. The predicted molar refractivity (Wildman–Crippen MR) is 138 cm³/mol. The average molecular weight is 547 g/mol. The number of thioether (sulfide) groups is 1. The Morgan fingerprint density at radius 3 is 2.64 bits per heavy atom. The number of hydrazone groups is 1. The van der Waals surface area contributed by atoms with Crippen LogP contribution in [0.2, 0.25) is 5.02 Å². The number of halogens is 1. The number of hydrogen-bond acceptors (Lipinski definition) is 9. The van der Waals surface area contributed by atoms with Crippen LogP contribution in [-0.4, -0.2) is 53.0 Å². The molecule has 13 heteroatoms. The molecule has 0 unspecified atom stereocenters. The predicted octanol–water partition coefficient (Wildman–Crippen LogP) is 3.97. The lowest BCUT2D eigenvalue weighted by molar-refractivity contribution is -0.114. The van der Waals surface area contributed by atoms with E-state index in [0.29, 0.717) is 5.56 Å². The first kappa shape index (κ1) is 25.6. The summed E-state index contributed by atoms with van der Waals surface area (Å²) in [5.74, 6) is -1.48. The number of carbonyl (C=O) groups is 2. The zero-order chi connectivity index (χ0) is 26.0. The molecule has 0 aromatic heterocycles. The summed E-state index contributed by atoms with van der Waals surface area (Å²) in [6.07, 6.45) is 1.40. The third kappa shape index (κ3) is 5.06. The molecule has 2 aromatic carbocycles. The average Bonchev–Trinajstić information content (AvgIpc) is 3.29. The third-order valence-corrected chi connectivity index (χ3v) is 8.38. The number of nitrogens with zero attached hydrogens (tertiary/aromatic N) is 3. The maximum Gasteiger partial charge on any atom is 0.345 e. The van der Waals surface area contributed by atoms with Crippen molar-refractivity contribution in [3.05, 3.63) is 64.2 Å². The molecular formula is C23H19ClN4O6S2. The quantitative estimate of drug-likeness (QED) is 0.326. The van der Waals surface area contributed by atoms with Gasteiger partial charge in [0.05, 0.1) is 28.5 Å². The molecular weight excluding hydrogens is 528 g/mol. The van der Waals surface area contributed by atoms with E-state index >= 15 is 0 Å². The summed E-state index contributed by atoms with van der Waals surface area (Å²) in [7, 11) is -3.63. The number of amidine groups is 2. The third-order valence-electron chi connectivity index (χ3n) is 4.96. The number of rotatable bonds is 6. The lowest BCUT2D eigenvalue weighted by Crippen LogP contribution is -2.35. The summed E-state index contributed by atoms with van der Waals surface area (Å²) >= 11 is 6.81. The molecule has 1 N–H and O–H groups in total. The summed E-state index contributed by atoms with van der Waals surface area (Å²) in [4.78, 5) is 29.1. The molecule has 186 valence electrons. The largest absolute Gasteiger partial charge is 0.490 e. The van der Waals surface area contributed by atoms with E-state index < -0.39 is 21.7 Å². The number of fused-ring (bicyclic) bond motifs is 1. The summed E-state index contributed by atoms with van der Waals surface area (Å²) in [5, 5.41) is 13.7. The molecule has 0 aliphatic carbocycles. The van der Waals surface area contributed by atoms with E-state index in [2.05, 4.69) is 10.1 Å². The lowest BCUT2D eigenvalue weighted by atomic mass is 10.1. The Labute approximate surface area is 216 Å². The Kier molecular flexibility index (Phi) is 7.29. The molecule has 2 heterocycles. The molecule has 0 atom stereocenters. The summed E-state index contributed by atoms with van der Waals surface area (Å²) in [6.45, 7) is 3.50. The molecule has 10 nitrogen and oxygen atoms in total. The van der Waals surface area contributed by atoms with Gasteiger partial charge in [0.25, 0.3) is 5.91 Å². The first-order valence-electron chi connectivity index (χ1n) is 10.6. The molecule has 0 radical (unpaired) electrons. The highest BCUT2D eigenvalue weighted by Gasteiger charge is 2.39. The number of nitrogens with one attached hydrogen (secondary N) is 1. The van der Waals surface area contributed by atoms with Gasteiger partial charge in [-0.1, -0.05) is 36.7 Å². The second kappa shape index (κ2) is 10.2. The lowest BCUT2D eigenvalue weighted by Gasteiger charge is -2.20. The number of aliphatic imine (C=N–C) groups is 1. The van der Waals surface area contributed by atoms with Gasteiger partial charge in [-0.25, -0.2) is 13.2 Å². The molecule has 36 heavy (non-hydrogen) atoms. The van der Waals surface area contributed by atoms with E-state index in [9.17, 15) is 18.0 Å². The minimum absolute atomic E-state index is 0.00557. The molecule has 4 rings (SSSR count). The first-order valence-corrected chi connectivity index (χ1v) is 13.5. The Morgan fingerprint density at radius 2 is 1.94 bits per heavy atom. The fourth-order valence-electron chi connectivity index (χ4n) is 3.14. The first-order chi connectivity index (χ1) is 17.1. The molecule has 0 fully saturated rings. The van der Waals surface area contributed by atoms with Crippen LogP contribution >= 0.6 is 23.4 Å². The number of benzene rings is 2. The van der Waals surface area contributed by atoms with Crippen LogP contribution in [0.15, 0.2) is 58.1 Å². The number of sulfone groups is 1.